The Morgan fingerprint density at radius 1 is 1.26 bits per heavy atom. The van der Waals surface area contributed by atoms with Gasteiger partial charge in [-0.1, -0.05) is 12.8 Å². The van der Waals surface area contributed by atoms with Crippen LogP contribution >= 0.6 is 15.9 Å². The molecule has 1 aliphatic carbocycles. The third-order valence-electron chi connectivity index (χ3n) is 4.48. The van der Waals surface area contributed by atoms with E-state index in [1.54, 1.807) is 0 Å². The van der Waals surface area contributed by atoms with Crippen LogP contribution in [0.15, 0.2) is 22.9 Å². The van der Waals surface area contributed by atoms with Gasteiger partial charge in [0.05, 0.1) is 0 Å². The lowest BCUT2D eigenvalue weighted by Crippen LogP contribution is -2.46. The molecule has 19 heavy (non-hydrogen) atoms. The first-order chi connectivity index (χ1) is 9.34. The lowest BCUT2D eigenvalue weighted by Gasteiger charge is -2.38. The molecule has 0 unspecified atom stereocenters. The predicted molar refractivity (Wildman–Crippen MR) is 81.1 cm³/mol. The van der Waals surface area contributed by atoms with Crippen molar-refractivity contribution >= 4 is 15.9 Å². The maximum atomic E-state index is 4.28. The zero-order valence-corrected chi connectivity index (χ0v) is 12.9. The molecule has 104 valence electrons. The number of nitrogens with zero attached hydrogens (tertiary/aromatic N) is 2. The van der Waals surface area contributed by atoms with Crippen LogP contribution in [0.5, 0.6) is 0 Å². The lowest BCUT2D eigenvalue weighted by molar-refractivity contribution is 0.125. The number of hydrogen-bond donors (Lipinski definition) is 1. The Bertz CT molecular complexity index is 412. The van der Waals surface area contributed by atoms with Gasteiger partial charge in [0.1, 0.15) is 4.60 Å². The van der Waals surface area contributed by atoms with E-state index >= 15 is 0 Å². The highest BCUT2D eigenvalue weighted by Gasteiger charge is 2.31. The molecule has 2 fully saturated rings. The Labute approximate surface area is 123 Å². The Balaban J connectivity index is 1.86. The van der Waals surface area contributed by atoms with Gasteiger partial charge in [-0.25, -0.2) is 4.98 Å². The molecule has 1 N–H and O–H groups in total. The van der Waals surface area contributed by atoms with Crippen LogP contribution in [-0.4, -0.2) is 36.1 Å². The SMILES string of the molecule is Brc1cc([C@@H](C2CCCC2)N2CCNCC2)ccn1. The molecule has 2 aliphatic rings. The van der Waals surface area contributed by atoms with Gasteiger partial charge in [0.2, 0.25) is 0 Å². The fraction of sp³-hybridized carbons (Fsp3) is 0.667. The number of rotatable bonds is 3. The molecule has 1 aromatic rings. The third-order valence-corrected chi connectivity index (χ3v) is 4.92. The summed E-state index contributed by atoms with van der Waals surface area (Å²) >= 11 is 3.52. The smallest absolute Gasteiger partial charge is 0.106 e. The van der Waals surface area contributed by atoms with Gasteiger partial charge in [-0.3, -0.25) is 4.90 Å². The van der Waals surface area contributed by atoms with Gasteiger partial charge < -0.3 is 5.32 Å². The Morgan fingerprint density at radius 3 is 2.68 bits per heavy atom. The Hall–Kier alpha value is -0.450. The maximum Gasteiger partial charge on any atom is 0.106 e. The van der Waals surface area contributed by atoms with Crippen molar-refractivity contribution in [3.05, 3.63) is 28.5 Å². The fourth-order valence-electron chi connectivity index (χ4n) is 3.62. The minimum Gasteiger partial charge on any atom is -0.314 e. The summed E-state index contributed by atoms with van der Waals surface area (Å²) in [7, 11) is 0. The predicted octanol–water partition coefficient (Wildman–Crippen LogP) is 2.98. The molecule has 0 aromatic carbocycles. The van der Waals surface area contributed by atoms with Crippen molar-refractivity contribution in [1.82, 2.24) is 15.2 Å². The summed E-state index contributed by atoms with van der Waals surface area (Å²) in [5.74, 6) is 0.826. The summed E-state index contributed by atoms with van der Waals surface area (Å²) in [6.07, 6.45) is 7.51. The molecule has 0 amide bonds. The molecule has 3 rings (SSSR count). The zero-order chi connectivity index (χ0) is 13.1. The second kappa shape index (κ2) is 6.33. The van der Waals surface area contributed by atoms with E-state index in [9.17, 15) is 0 Å². The minimum absolute atomic E-state index is 0.587. The van der Waals surface area contributed by atoms with E-state index in [2.05, 4.69) is 43.3 Å². The highest BCUT2D eigenvalue weighted by Crippen LogP contribution is 2.39. The maximum absolute atomic E-state index is 4.28. The van der Waals surface area contributed by atoms with Gasteiger partial charge in [-0.05, 0) is 52.4 Å². The number of piperazine rings is 1. The van der Waals surface area contributed by atoms with Crippen molar-refractivity contribution < 1.29 is 0 Å². The van der Waals surface area contributed by atoms with Crippen molar-refractivity contribution in [3.63, 3.8) is 0 Å². The van der Waals surface area contributed by atoms with Gasteiger partial charge in [0.25, 0.3) is 0 Å². The average Bonchev–Trinajstić information content (AvgIpc) is 2.94. The van der Waals surface area contributed by atoms with Crippen molar-refractivity contribution in [2.45, 2.75) is 31.7 Å². The first kappa shape index (κ1) is 13.5. The van der Waals surface area contributed by atoms with Crippen LogP contribution in [-0.2, 0) is 0 Å². The van der Waals surface area contributed by atoms with E-state index in [4.69, 9.17) is 0 Å². The molecular formula is C15H22BrN3. The van der Waals surface area contributed by atoms with Gasteiger partial charge in [0.15, 0.2) is 0 Å². The van der Waals surface area contributed by atoms with Gasteiger partial charge >= 0.3 is 0 Å². The zero-order valence-electron chi connectivity index (χ0n) is 11.3. The first-order valence-corrected chi connectivity index (χ1v) is 8.20. The molecule has 1 saturated heterocycles. The van der Waals surface area contributed by atoms with E-state index < -0.39 is 0 Å². The number of nitrogens with one attached hydrogen (secondary N) is 1. The van der Waals surface area contributed by atoms with Gasteiger partial charge in [-0.2, -0.15) is 0 Å². The standard InChI is InChI=1S/C15H22BrN3/c16-14-11-13(5-6-18-14)15(12-3-1-2-4-12)19-9-7-17-8-10-19/h5-6,11-12,15,17H,1-4,7-10H2/t15-/m1/s1. The normalized spacial score (nSPS) is 23.6. The lowest BCUT2D eigenvalue weighted by atomic mass is 9.90. The van der Waals surface area contributed by atoms with Crippen LogP contribution in [0.3, 0.4) is 0 Å². The summed E-state index contributed by atoms with van der Waals surface area (Å²) in [6.45, 7) is 4.58. The van der Waals surface area contributed by atoms with Crippen LogP contribution in [0.1, 0.15) is 37.3 Å². The molecule has 0 spiro atoms. The molecule has 0 bridgehead atoms. The van der Waals surface area contributed by atoms with E-state index in [1.165, 1.54) is 44.3 Å². The summed E-state index contributed by atoms with van der Waals surface area (Å²) in [4.78, 5) is 6.95. The molecule has 1 aliphatic heterocycles. The first-order valence-electron chi connectivity index (χ1n) is 7.41. The van der Waals surface area contributed by atoms with E-state index in [1.807, 2.05) is 6.20 Å². The van der Waals surface area contributed by atoms with E-state index in [0.717, 1.165) is 23.6 Å². The minimum atomic E-state index is 0.587. The van der Waals surface area contributed by atoms with Crippen molar-refractivity contribution in [3.8, 4) is 0 Å². The van der Waals surface area contributed by atoms with Gasteiger partial charge in [0, 0.05) is 38.4 Å². The highest BCUT2D eigenvalue weighted by molar-refractivity contribution is 9.10. The fourth-order valence-corrected chi connectivity index (χ4v) is 4.00. The largest absolute Gasteiger partial charge is 0.314 e. The Kier molecular flexibility index (Phi) is 4.51. The topological polar surface area (TPSA) is 28.2 Å². The van der Waals surface area contributed by atoms with Crippen LogP contribution in [0.4, 0.5) is 0 Å². The quantitative estimate of drug-likeness (QED) is 0.867. The molecule has 3 nitrogen and oxygen atoms in total. The highest BCUT2D eigenvalue weighted by atomic mass is 79.9. The molecular weight excluding hydrogens is 302 g/mol. The van der Waals surface area contributed by atoms with E-state index in [0.29, 0.717) is 6.04 Å². The third kappa shape index (κ3) is 3.18. The molecule has 2 heterocycles. The van der Waals surface area contributed by atoms with Crippen LogP contribution < -0.4 is 5.32 Å². The molecule has 1 atom stereocenters. The van der Waals surface area contributed by atoms with Crippen LogP contribution in [0, 0.1) is 5.92 Å². The summed E-state index contributed by atoms with van der Waals surface area (Å²) in [5, 5.41) is 3.46. The van der Waals surface area contributed by atoms with Gasteiger partial charge in [-0.15, -0.1) is 0 Å². The molecule has 0 radical (unpaired) electrons. The Morgan fingerprint density at radius 2 is 2.00 bits per heavy atom. The van der Waals surface area contributed by atoms with Crippen molar-refractivity contribution in [2.75, 3.05) is 26.2 Å². The molecule has 1 aromatic heterocycles. The van der Waals surface area contributed by atoms with Crippen molar-refractivity contribution in [2.24, 2.45) is 5.92 Å². The summed E-state index contributed by atoms with van der Waals surface area (Å²) < 4.78 is 0.961. The number of aromatic nitrogens is 1. The molecule has 4 heteroatoms. The monoisotopic (exact) mass is 323 g/mol. The van der Waals surface area contributed by atoms with Crippen LogP contribution in [0.25, 0.3) is 0 Å². The second-order valence-electron chi connectivity index (χ2n) is 5.69. The van der Waals surface area contributed by atoms with Crippen molar-refractivity contribution in [1.29, 1.82) is 0 Å². The second-order valence-corrected chi connectivity index (χ2v) is 6.50. The summed E-state index contributed by atoms with van der Waals surface area (Å²) in [6, 6.07) is 5.00. The van der Waals surface area contributed by atoms with E-state index in [-0.39, 0.29) is 0 Å². The number of halogens is 1. The molecule has 1 saturated carbocycles. The summed E-state index contributed by atoms with van der Waals surface area (Å²) in [5.41, 5.74) is 1.44. The van der Waals surface area contributed by atoms with Crippen LogP contribution in [0.2, 0.25) is 0 Å². The average molecular weight is 324 g/mol. The number of hydrogen-bond acceptors (Lipinski definition) is 3. The number of pyridine rings is 1.